The Kier molecular flexibility index (Phi) is 6.20. The van der Waals surface area contributed by atoms with Crippen molar-refractivity contribution in [3.05, 3.63) is 29.6 Å². The van der Waals surface area contributed by atoms with Crippen LogP contribution in [0.25, 0.3) is 0 Å². The number of carbonyl (C=O) groups excluding carboxylic acids is 1. The summed E-state index contributed by atoms with van der Waals surface area (Å²) >= 11 is 0. The molecule has 2 N–H and O–H groups in total. The molecule has 0 spiro atoms. The van der Waals surface area contributed by atoms with Crippen LogP contribution in [-0.2, 0) is 4.79 Å². The molecule has 0 radical (unpaired) electrons. The van der Waals surface area contributed by atoms with Gasteiger partial charge in [0.2, 0.25) is 5.91 Å². The van der Waals surface area contributed by atoms with E-state index < -0.39 is 5.82 Å². The zero-order chi connectivity index (χ0) is 15.1. The standard InChI is InChI=1S/C16H20FNO2/c1-11(2)12(3)16(20)18-14-8-7-13(15(17)10-14)6-4-5-9-19/h7-8,10-12,19H,5,9H2,1-3H3,(H,18,20). The maximum absolute atomic E-state index is 13.8. The third-order valence-electron chi connectivity index (χ3n) is 3.11. The van der Waals surface area contributed by atoms with Crippen molar-refractivity contribution in [3.63, 3.8) is 0 Å². The summed E-state index contributed by atoms with van der Waals surface area (Å²) in [5, 5.41) is 11.3. The Labute approximate surface area is 119 Å². The molecule has 0 fully saturated rings. The van der Waals surface area contributed by atoms with Crippen molar-refractivity contribution in [3.8, 4) is 11.8 Å². The minimum absolute atomic E-state index is 0.0458. The second-order valence-electron chi connectivity index (χ2n) is 4.99. The topological polar surface area (TPSA) is 49.3 Å². The molecule has 108 valence electrons. The minimum Gasteiger partial charge on any atom is -0.395 e. The molecule has 1 atom stereocenters. The van der Waals surface area contributed by atoms with Crippen LogP contribution in [0.3, 0.4) is 0 Å². The van der Waals surface area contributed by atoms with Crippen LogP contribution in [-0.4, -0.2) is 17.6 Å². The summed E-state index contributed by atoms with van der Waals surface area (Å²) in [4.78, 5) is 11.9. The highest BCUT2D eigenvalue weighted by atomic mass is 19.1. The molecule has 4 heteroatoms. The number of hydrogen-bond acceptors (Lipinski definition) is 2. The van der Waals surface area contributed by atoms with Gasteiger partial charge in [-0.1, -0.05) is 32.6 Å². The van der Waals surface area contributed by atoms with Gasteiger partial charge in [0.1, 0.15) is 5.82 Å². The molecular weight excluding hydrogens is 257 g/mol. The number of nitrogens with one attached hydrogen (secondary N) is 1. The van der Waals surface area contributed by atoms with Gasteiger partial charge in [-0.2, -0.15) is 0 Å². The molecule has 1 aromatic carbocycles. The highest BCUT2D eigenvalue weighted by molar-refractivity contribution is 5.92. The van der Waals surface area contributed by atoms with Gasteiger partial charge in [0, 0.05) is 18.0 Å². The zero-order valence-corrected chi connectivity index (χ0v) is 12.0. The van der Waals surface area contributed by atoms with E-state index in [-0.39, 0.29) is 29.9 Å². The first-order valence-electron chi connectivity index (χ1n) is 6.65. The van der Waals surface area contributed by atoms with Crippen LogP contribution in [0.4, 0.5) is 10.1 Å². The van der Waals surface area contributed by atoms with E-state index in [4.69, 9.17) is 5.11 Å². The SMILES string of the molecule is CC(C)C(C)C(=O)Nc1ccc(C#CCCO)c(F)c1. The minimum atomic E-state index is -0.481. The number of aliphatic hydroxyl groups excluding tert-OH is 1. The maximum Gasteiger partial charge on any atom is 0.227 e. The summed E-state index contributed by atoms with van der Waals surface area (Å²) < 4.78 is 13.8. The molecule has 1 aromatic rings. The van der Waals surface area contributed by atoms with E-state index in [1.807, 2.05) is 20.8 Å². The van der Waals surface area contributed by atoms with Gasteiger partial charge < -0.3 is 10.4 Å². The quantitative estimate of drug-likeness (QED) is 0.831. The molecule has 1 amide bonds. The van der Waals surface area contributed by atoms with Gasteiger partial charge in [0.05, 0.1) is 12.2 Å². The van der Waals surface area contributed by atoms with E-state index >= 15 is 0 Å². The average Bonchev–Trinajstić information content (AvgIpc) is 2.40. The lowest BCUT2D eigenvalue weighted by atomic mass is 9.97. The van der Waals surface area contributed by atoms with Crippen LogP contribution in [0.1, 0.15) is 32.8 Å². The second kappa shape index (κ2) is 7.66. The first-order valence-corrected chi connectivity index (χ1v) is 6.65. The van der Waals surface area contributed by atoms with Gasteiger partial charge in [-0.05, 0) is 24.1 Å². The van der Waals surface area contributed by atoms with Crippen LogP contribution >= 0.6 is 0 Å². The van der Waals surface area contributed by atoms with Gasteiger partial charge >= 0.3 is 0 Å². The van der Waals surface area contributed by atoms with E-state index in [0.717, 1.165) is 0 Å². The highest BCUT2D eigenvalue weighted by Crippen LogP contribution is 2.17. The van der Waals surface area contributed by atoms with Crippen molar-refractivity contribution >= 4 is 11.6 Å². The summed E-state index contributed by atoms with van der Waals surface area (Å²) in [6, 6.07) is 4.40. The molecule has 1 unspecified atom stereocenters. The fourth-order valence-corrected chi connectivity index (χ4v) is 1.47. The molecule has 0 bridgehead atoms. The monoisotopic (exact) mass is 277 g/mol. The Bertz CT molecular complexity index is 529. The summed E-state index contributed by atoms with van der Waals surface area (Å²) in [6.07, 6.45) is 0.309. The molecular formula is C16H20FNO2. The van der Waals surface area contributed by atoms with Gasteiger partial charge in [-0.15, -0.1) is 0 Å². The number of hydrogen-bond donors (Lipinski definition) is 2. The molecule has 0 saturated heterocycles. The largest absolute Gasteiger partial charge is 0.395 e. The Morgan fingerprint density at radius 2 is 2.10 bits per heavy atom. The Morgan fingerprint density at radius 1 is 1.40 bits per heavy atom. The van der Waals surface area contributed by atoms with E-state index in [9.17, 15) is 9.18 Å². The highest BCUT2D eigenvalue weighted by Gasteiger charge is 2.16. The molecule has 0 aliphatic heterocycles. The molecule has 20 heavy (non-hydrogen) atoms. The number of amides is 1. The fourth-order valence-electron chi connectivity index (χ4n) is 1.47. The smallest absolute Gasteiger partial charge is 0.227 e. The van der Waals surface area contributed by atoms with Crippen molar-refractivity contribution < 1.29 is 14.3 Å². The number of halogens is 1. The van der Waals surface area contributed by atoms with Crippen LogP contribution in [0, 0.1) is 29.5 Å². The number of anilines is 1. The normalized spacial score (nSPS) is 11.7. The zero-order valence-electron chi connectivity index (χ0n) is 12.0. The summed E-state index contributed by atoms with van der Waals surface area (Å²) in [5.74, 6) is 4.78. The predicted molar refractivity (Wildman–Crippen MR) is 77.6 cm³/mol. The first kappa shape index (κ1) is 16.2. The van der Waals surface area contributed by atoms with E-state index in [1.165, 1.54) is 12.1 Å². The molecule has 0 heterocycles. The molecule has 1 rings (SSSR count). The lowest BCUT2D eigenvalue weighted by Crippen LogP contribution is -2.24. The number of aliphatic hydroxyl groups is 1. The Hall–Kier alpha value is -1.86. The van der Waals surface area contributed by atoms with Crippen molar-refractivity contribution in [2.45, 2.75) is 27.2 Å². The first-order chi connectivity index (χ1) is 9.45. The third-order valence-corrected chi connectivity index (χ3v) is 3.11. The van der Waals surface area contributed by atoms with Crippen LogP contribution in [0.2, 0.25) is 0 Å². The van der Waals surface area contributed by atoms with Crippen molar-refractivity contribution in [2.24, 2.45) is 11.8 Å². The van der Waals surface area contributed by atoms with Gasteiger partial charge in [-0.3, -0.25) is 4.79 Å². The van der Waals surface area contributed by atoms with E-state index in [2.05, 4.69) is 17.2 Å². The van der Waals surface area contributed by atoms with Crippen LogP contribution in [0.15, 0.2) is 18.2 Å². The van der Waals surface area contributed by atoms with Crippen molar-refractivity contribution in [2.75, 3.05) is 11.9 Å². The van der Waals surface area contributed by atoms with Crippen molar-refractivity contribution in [1.29, 1.82) is 0 Å². The lowest BCUT2D eigenvalue weighted by Gasteiger charge is -2.15. The van der Waals surface area contributed by atoms with Crippen LogP contribution < -0.4 is 5.32 Å². The van der Waals surface area contributed by atoms with Gasteiger partial charge in [-0.25, -0.2) is 4.39 Å². The summed E-state index contributed by atoms with van der Waals surface area (Å²) in [6.45, 7) is 5.72. The fraction of sp³-hybridized carbons (Fsp3) is 0.438. The summed E-state index contributed by atoms with van der Waals surface area (Å²) in [7, 11) is 0. The van der Waals surface area contributed by atoms with Crippen molar-refractivity contribution in [1.82, 2.24) is 0 Å². The van der Waals surface area contributed by atoms with Gasteiger partial charge in [0.25, 0.3) is 0 Å². The third kappa shape index (κ3) is 4.67. The van der Waals surface area contributed by atoms with E-state index in [0.29, 0.717) is 12.1 Å². The maximum atomic E-state index is 13.8. The summed E-state index contributed by atoms with van der Waals surface area (Å²) in [5.41, 5.74) is 0.682. The predicted octanol–water partition coefficient (Wildman–Crippen LogP) is 2.79. The average molecular weight is 277 g/mol. The molecule has 0 aliphatic carbocycles. The number of carbonyl (C=O) groups is 1. The van der Waals surface area contributed by atoms with Gasteiger partial charge in [0.15, 0.2) is 0 Å². The lowest BCUT2D eigenvalue weighted by molar-refractivity contribution is -0.120. The number of rotatable bonds is 4. The Morgan fingerprint density at radius 3 is 2.65 bits per heavy atom. The number of benzene rings is 1. The molecule has 0 aromatic heterocycles. The Balaban J connectivity index is 2.78. The second-order valence-corrected chi connectivity index (χ2v) is 4.99. The molecule has 0 aliphatic rings. The van der Waals surface area contributed by atoms with Crippen LogP contribution in [0.5, 0.6) is 0 Å². The molecule has 3 nitrogen and oxygen atoms in total. The molecule has 0 saturated carbocycles. The van der Waals surface area contributed by atoms with E-state index in [1.54, 1.807) is 6.07 Å².